The van der Waals surface area contributed by atoms with E-state index in [2.05, 4.69) is 10.8 Å². The van der Waals surface area contributed by atoms with Gasteiger partial charge in [0, 0.05) is 21.9 Å². The highest BCUT2D eigenvalue weighted by molar-refractivity contribution is 7.89. The topological polar surface area (TPSA) is 46.2 Å². The van der Waals surface area contributed by atoms with Crippen LogP contribution >= 0.6 is 34.5 Å². The van der Waals surface area contributed by atoms with Gasteiger partial charge in [-0.05, 0) is 42.5 Å². The SMILES string of the molecule is O=S(=O)(NCC1(c2cccs2)CCCCC1)c1cc(Cl)ccc1Cl. The van der Waals surface area contributed by atoms with Crippen LogP contribution in [0.4, 0.5) is 0 Å². The Morgan fingerprint density at radius 1 is 1.12 bits per heavy atom. The van der Waals surface area contributed by atoms with Crippen LogP contribution in [0.5, 0.6) is 0 Å². The van der Waals surface area contributed by atoms with Crippen LogP contribution in [0.15, 0.2) is 40.6 Å². The van der Waals surface area contributed by atoms with E-state index in [1.807, 2.05) is 11.4 Å². The van der Waals surface area contributed by atoms with Crippen molar-refractivity contribution in [1.29, 1.82) is 0 Å². The molecule has 1 N–H and O–H groups in total. The third-order valence-corrected chi connectivity index (χ3v) is 7.87. The van der Waals surface area contributed by atoms with Crippen LogP contribution in [0.1, 0.15) is 37.0 Å². The minimum atomic E-state index is -3.70. The maximum atomic E-state index is 12.7. The van der Waals surface area contributed by atoms with Crippen LogP contribution in [0.25, 0.3) is 0 Å². The maximum Gasteiger partial charge on any atom is 0.242 e. The summed E-state index contributed by atoms with van der Waals surface area (Å²) in [6.07, 6.45) is 5.45. The second-order valence-electron chi connectivity index (χ2n) is 6.22. The van der Waals surface area contributed by atoms with Crippen molar-refractivity contribution >= 4 is 44.6 Å². The molecule has 1 aromatic carbocycles. The van der Waals surface area contributed by atoms with Gasteiger partial charge in [-0.1, -0.05) is 48.5 Å². The first-order chi connectivity index (χ1) is 11.4. The Labute approximate surface area is 157 Å². The van der Waals surface area contributed by atoms with Gasteiger partial charge in [-0.25, -0.2) is 13.1 Å². The van der Waals surface area contributed by atoms with E-state index in [0.717, 1.165) is 25.7 Å². The predicted molar refractivity (Wildman–Crippen MR) is 101 cm³/mol. The van der Waals surface area contributed by atoms with Gasteiger partial charge < -0.3 is 0 Å². The first-order valence-corrected chi connectivity index (χ1v) is 11.0. The standard InChI is InChI=1S/C17H19Cl2NO2S2/c18-13-6-7-14(19)15(11-13)24(21,22)20-12-17(8-2-1-3-9-17)16-5-4-10-23-16/h4-7,10-11,20H,1-3,8-9,12H2. The molecule has 0 radical (unpaired) electrons. The molecular weight excluding hydrogens is 385 g/mol. The number of thiophene rings is 1. The highest BCUT2D eigenvalue weighted by atomic mass is 35.5. The number of hydrogen-bond donors (Lipinski definition) is 1. The van der Waals surface area contributed by atoms with Gasteiger partial charge in [-0.3, -0.25) is 0 Å². The molecule has 1 aromatic heterocycles. The molecule has 24 heavy (non-hydrogen) atoms. The first kappa shape index (κ1) is 18.2. The molecule has 7 heteroatoms. The zero-order chi connectivity index (χ0) is 17.2. The Morgan fingerprint density at radius 2 is 1.88 bits per heavy atom. The van der Waals surface area contributed by atoms with E-state index in [4.69, 9.17) is 23.2 Å². The normalized spacial score (nSPS) is 17.8. The second kappa shape index (κ2) is 7.34. The summed E-state index contributed by atoms with van der Waals surface area (Å²) < 4.78 is 28.2. The summed E-state index contributed by atoms with van der Waals surface area (Å²) in [4.78, 5) is 1.29. The lowest BCUT2D eigenvalue weighted by atomic mass is 9.73. The van der Waals surface area contributed by atoms with E-state index >= 15 is 0 Å². The van der Waals surface area contributed by atoms with Crippen LogP contribution in [0.3, 0.4) is 0 Å². The summed E-state index contributed by atoms with van der Waals surface area (Å²) in [5, 5.41) is 2.58. The molecule has 0 aliphatic heterocycles. The molecule has 1 heterocycles. The van der Waals surface area contributed by atoms with Crippen molar-refractivity contribution in [3.63, 3.8) is 0 Å². The average Bonchev–Trinajstić information content (AvgIpc) is 3.11. The Balaban J connectivity index is 1.85. The number of hydrogen-bond acceptors (Lipinski definition) is 3. The maximum absolute atomic E-state index is 12.7. The molecule has 0 unspecified atom stereocenters. The van der Waals surface area contributed by atoms with E-state index in [9.17, 15) is 8.42 Å². The van der Waals surface area contributed by atoms with Gasteiger partial charge in [0.15, 0.2) is 0 Å². The molecule has 1 saturated carbocycles. The van der Waals surface area contributed by atoms with E-state index < -0.39 is 10.0 Å². The molecule has 3 nitrogen and oxygen atoms in total. The zero-order valence-corrected chi connectivity index (χ0v) is 16.2. The number of nitrogens with one attached hydrogen (secondary N) is 1. The summed E-state index contributed by atoms with van der Waals surface area (Å²) in [7, 11) is -3.70. The van der Waals surface area contributed by atoms with Gasteiger partial charge in [0.2, 0.25) is 10.0 Å². The zero-order valence-electron chi connectivity index (χ0n) is 13.1. The fourth-order valence-corrected chi connectivity index (χ4v) is 6.19. The fourth-order valence-electron chi connectivity index (χ4n) is 3.31. The quantitative estimate of drug-likeness (QED) is 0.741. The summed E-state index contributed by atoms with van der Waals surface area (Å²) in [6, 6.07) is 8.62. The van der Waals surface area contributed by atoms with E-state index in [1.165, 1.54) is 23.4 Å². The predicted octanol–water partition coefficient (Wildman–Crippen LogP) is 5.24. The van der Waals surface area contributed by atoms with Gasteiger partial charge in [0.1, 0.15) is 4.90 Å². The van der Waals surface area contributed by atoms with Crippen LogP contribution in [0.2, 0.25) is 10.0 Å². The van der Waals surface area contributed by atoms with Crippen molar-refractivity contribution in [1.82, 2.24) is 4.72 Å². The van der Waals surface area contributed by atoms with Crippen LogP contribution in [0, 0.1) is 0 Å². The summed E-state index contributed by atoms with van der Waals surface area (Å²) >= 11 is 13.7. The molecule has 0 spiro atoms. The smallest absolute Gasteiger partial charge is 0.210 e. The molecule has 1 aliphatic carbocycles. The molecular formula is C17H19Cl2NO2S2. The Morgan fingerprint density at radius 3 is 2.54 bits per heavy atom. The molecule has 2 aromatic rings. The molecule has 0 bridgehead atoms. The van der Waals surface area contributed by atoms with Gasteiger partial charge in [-0.2, -0.15) is 0 Å². The lowest BCUT2D eigenvalue weighted by Crippen LogP contribution is -2.41. The molecule has 1 aliphatic rings. The summed E-state index contributed by atoms with van der Waals surface area (Å²) in [5.41, 5.74) is -0.120. The lowest BCUT2D eigenvalue weighted by molar-refractivity contribution is 0.298. The minimum Gasteiger partial charge on any atom is -0.210 e. The van der Waals surface area contributed by atoms with Crippen molar-refractivity contribution < 1.29 is 8.42 Å². The van der Waals surface area contributed by atoms with Gasteiger partial charge >= 0.3 is 0 Å². The van der Waals surface area contributed by atoms with E-state index in [0.29, 0.717) is 11.6 Å². The van der Waals surface area contributed by atoms with Crippen molar-refractivity contribution in [2.75, 3.05) is 6.54 Å². The molecule has 3 rings (SSSR count). The molecule has 1 fully saturated rings. The number of halogens is 2. The van der Waals surface area contributed by atoms with Crippen molar-refractivity contribution in [3.05, 3.63) is 50.6 Å². The van der Waals surface area contributed by atoms with Crippen LogP contribution < -0.4 is 4.72 Å². The van der Waals surface area contributed by atoms with Crippen molar-refractivity contribution in [2.24, 2.45) is 0 Å². The Kier molecular flexibility index (Phi) is 5.57. The number of benzene rings is 1. The highest BCUT2D eigenvalue weighted by Crippen LogP contribution is 2.41. The first-order valence-electron chi connectivity index (χ1n) is 7.92. The summed E-state index contributed by atoms with van der Waals surface area (Å²) in [5.74, 6) is 0. The monoisotopic (exact) mass is 403 g/mol. The molecule has 0 atom stereocenters. The third kappa shape index (κ3) is 3.81. The number of rotatable bonds is 5. The van der Waals surface area contributed by atoms with E-state index in [-0.39, 0.29) is 15.3 Å². The summed E-state index contributed by atoms with van der Waals surface area (Å²) in [6.45, 7) is 0.388. The van der Waals surface area contributed by atoms with Crippen molar-refractivity contribution in [3.8, 4) is 0 Å². The molecule has 130 valence electrons. The van der Waals surface area contributed by atoms with Crippen LogP contribution in [-0.4, -0.2) is 15.0 Å². The fraction of sp³-hybridized carbons (Fsp3) is 0.412. The third-order valence-electron chi connectivity index (χ3n) is 4.64. The average molecular weight is 404 g/mol. The van der Waals surface area contributed by atoms with Gasteiger partial charge in [0.25, 0.3) is 0 Å². The largest absolute Gasteiger partial charge is 0.242 e. The molecule has 0 amide bonds. The van der Waals surface area contributed by atoms with Gasteiger partial charge in [-0.15, -0.1) is 11.3 Å². The second-order valence-corrected chi connectivity index (χ2v) is 9.74. The Bertz CT molecular complexity index is 798. The van der Waals surface area contributed by atoms with Gasteiger partial charge in [0.05, 0.1) is 5.02 Å². The number of sulfonamides is 1. The van der Waals surface area contributed by atoms with E-state index in [1.54, 1.807) is 17.4 Å². The van der Waals surface area contributed by atoms with Crippen molar-refractivity contribution in [2.45, 2.75) is 42.4 Å². The Hall–Kier alpha value is -0.590. The lowest BCUT2D eigenvalue weighted by Gasteiger charge is -2.36. The highest BCUT2D eigenvalue weighted by Gasteiger charge is 2.36. The molecule has 0 saturated heterocycles. The van der Waals surface area contributed by atoms with Crippen LogP contribution in [-0.2, 0) is 15.4 Å². The minimum absolute atomic E-state index is 0.0359.